The van der Waals surface area contributed by atoms with E-state index in [1.807, 2.05) is 6.07 Å². The summed E-state index contributed by atoms with van der Waals surface area (Å²) in [5.74, 6) is 0.947. The Morgan fingerprint density at radius 1 is 1.62 bits per heavy atom. The molecule has 0 radical (unpaired) electrons. The van der Waals surface area contributed by atoms with E-state index in [2.05, 4.69) is 0 Å². The third-order valence-corrected chi connectivity index (χ3v) is 2.27. The second-order valence-corrected chi connectivity index (χ2v) is 3.62. The summed E-state index contributed by atoms with van der Waals surface area (Å²) < 4.78 is 5.16. The van der Waals surface area contributed by atoms with Gasteiger partial charge in [0.25, 0.3) is 0 Å². The number of carbonyl (C=O) groups is 1. The van der Waals surface area contributed by atoms with E-state index >= 15 is 0 Å². The zero-order chi connectivity index (χ0) is 11.8. The quantitative estimate of drug-likeness (QED) is 0.716. The number of hydrogen-bond acceptors (Lipinski definition) is 3. The zero-order valence-electron chi connectivity index (χ0n) is 8.86. The lowest BCUT2D eigenvalue weighted by molar-refractivity contribution is -0.131. The first-order valence-electron chi connectivity index (χ1n) is 5.01. The van der Waals surface area contributed by atoms with Gasteiger partial charge in [0.1, 0.15) is 5.76 Å². The van der Waals surface area contributed by atoms with Crippen LogP contribution in [0.4, 0.5) is 0 Å². The number of furan rings is 1. The highest BCUT2D eigenvalue weighted by Crippen LogP contribution is 2.08. The molecule has 16 heavy (non-hydrogen) atoms. The van der Waals surface area contributed by atoms with E-state index < -0.39 is 0 Å². The van der Waals surface area contributed by atoms with Crippen LogP contribution >= 0.6 is 11.6 Å². The molecule has 0 bridgehead atoms. The standard InChI is InChI=1S/C11H13ClN2O2/c12-5-4-11(15)14(7-2-6-13)9-10-3-1-8-16-10/h1,3,8H,2,4-5,7,9H2. The first-order valence-corrected chi connectivity index (χ1v) is 5.54. The second-order valence-electron chi connectivity index (χ2n) is 3.24. The number of alkyl halides is 1. The van der Waals surface area contributed by atoms with Crippen LogP contribution in [0.5, 0.6) is 0 Å². The average molecular weight is 241 g/mol. The van der Waals surface area contributed by atoms with E-state index in [1.165, 1.54) is 0 Å². The fourth-order valence-corrected chi connectivity index (χ4v) is 1.47. The van der Waals surface area contributed by atoms with E-state index in [9.17, 15) is 4.79 Å². The lowest BCUT2D eigenvalue weighted by atomic mass is 10.3. The van der Waals surface area contributed by atoms with Gasteiger partial charge >= 0.3 is 0 Å². The summed E-state index contributed by atoms with van der Waals surface area (Å²) in [7, 11) is 0. The molecular weight excluding hydrogens is 228 g/mol. The predicted octanol–water partition coefficient (Wildman–Crippen LogP) is 2.15. The summed E-state index contributed by atoms with van der Waals surface area (Å²) >= 11 is 5.52. The first-order chi connectivity index (χ1) is 7.77. The van der Waals surface area contributed by atoms with Gasteiger partial charge in [-0.05, 0) is 12.1 Å². The lowest BCUT2D eigenvalue weighted by Crippen LogP contribution is -2.31. The summed E-state index contributed by atoms with van der Waals surface area (Å²) in [6.07, 6.45) is 2.16. The van der Waals surface area contributed by atoms with Gasteiger partial charge in [0.15, 0.2) is 0 Å². The molecule has 0 saturated carbocycles. The maximum absolute atomic E-state index is 11.7. The Bertz CT molecular complexity index is 357. The van der Waals surface area contributed by atoms with Crippen LogP contribution in [0, 0.1) is 11.3 Å². The number of nitrogens with zero attached hydrogens (tertiary/aromatic N) is 2. The molecule has 0 aliphatic heterocycles. The lowest BCUT2D eigenvalue weighted by Gasteiger charge is -2.19. The largest absolute Gasteiger partial charge is 0.467 e. The molecular formula is C11H13ClN2O2. The summed E-state index contributed by atoms with van der Waals surface area (Å²) in [4.78, 5) is 13.3. The van der Waals surface area contributed by atoms with Gasteiger partial charge in [0, 0.05) is 18.8 Å². The van der Waals surface area contributed by atoms with Crippen LogP contribution in [0.25, 0.3) is 0 Å². The van der Waals surface area contributed by atoms with Crippen molar-refractivity contribution in [2.45, 2.75) is 19.4 Å². The van der Waals surface area contributed by atoms with Crippen molar-refractivity contribution in [1.82, 2.24) is 4.90 Å². The molecule has 1 heterocycles. The Morgan fingerprint density at radius 2 is 2.44 bits per heavy atom. The molecule has 0 aromatic carbocycles. The molecule has 1 amide bonds. The molecule has 0 unspecified atom stereocenters. The topological polar surface area (TPSA) is 57.2 Å². The van der Waals surface area contributed by atoms with E-state index in [0.717, 1.165) is 0 Å². The third-order valence-electron chi connectivity index (χ3n) is 2.08. The van der Waals surface area contributed by atoms with Crippen molar-refractivity contribution >= 4 is 17.5 Å². The van der Waals surface area contributed by atoms with Gasteiger partial charge < -0.3 is 9.32 Å². The van der Waals surface area contributed by atoms with Crippen LogP contribution in [0.3, 0.4) is 0 Å². The molecule has 0 N–H and O–H groups in total. The molecule has 1 aromatic rings. The van der Waals surface area contributed by atoms with Crippen molar-refractivity contribution in [3.05, 3.63) is 24.2 Å². The molecule has 0 atom stereocenters. The Morgan fingerprint density at radius 3 is 3.00 bits per heavy atom. The maximum Gasteiger partial charge on any atom is 0.224 e. The highest BCUT2D eigenvalue weighted by atomic mass is 35.5. The van der Waals surface area contributed by atoms with Crippen molar-refractivity contribution in [2.75, 3.05) is 12.4 Å². The van der Waals surface area contributed by atoms with Crippen molar-refractivity contribution in [2.24, 2.45) is 0 Å². The Balaban J connectivity index is 2.56. The van der Waals surface area contributed by atoms with Crippen molar-refractivity contribution in [3.8, 4) is 6.07 Å². The van der Waals surface area contributed by atoms with Gasteiger partial charge in [-0.3, -0.25) is 4.79 Å². The van der Waals surface area contributed by atoms with E-state index in [0.29, 0.717) is 31.2 Å². The van der Waals surface area contributed by atoms with Crippen LogP contribution in [-0.4, -0.2) is 23.2 Å². The van der Waals surface area contributed by atoms with Gasteiger partial charge in [-0.25, -0.2) is 0 Å². The molecule has 0 saturated heterocycles. The third kappa shape index (κ3) is 3.95. The fourth-order valence-electron chi connectivity index (χ4n) is 1.31. The monoisotopic (exact) mass is 240 g/mol. The van der Waals surface area contributed by atoms with Gasteiger partial charge in [0.05, 0.1) is 25.3 Å². The van der Waals surface area contributed by atoms with Crippen molar-refractivity contribution in [3.63, 3.8) is 0 Å². The van der Waals surface area contributed by atoms with Crippen LogP contribution in [-0.2, 0) is 11.3 Å². The molecule has 0 spiro atoms. The van der Waals surface area contributed by atoms with Crippen molar-refractivity contribution < 1.29 is 9.21 Å². The molecule has 1 rings (SSSR count). The molecule has 0 fully saturated rings. The first kappa shape index (κ1) is 12.6. The highest BCUT2D eigenvalue weighted by molar-refractivity contribution is 6.18. The SMILES string of the molecule is N#CCCN(Cc1ccco1)C(=O)CCCl. The summed E-state index contributed by atoms with van der Waals surface area (Å²) in [5, 5.41) is 8.52. The molecule has 0 aliphatic carbocycles. The molecule has 0 aliphatic rings. The Hall–Kier alpha value is -1.47. The Kier molecular flexibility index (Phi) is 5.44. The molecule has 4 nitrogen and oxygen atoms in total. The summed E-state index contributed by atoms with van der Waals surface area (Å²) in [5.41, 5.74) is 0. The van der Waals surface area contributed by atoms with Gasteiger partial charge in [-0.15, -0.1) is 11.6 Å². The minimum Gasteiger partial charge on any atom is -0.467 e. The smallest absolute Gasteiger partial charge is 0.224 e. The number of halogens is 1. The summed E-state index contributed by atoms with van der Waals surface area (Å²) in [6.45, 7) is 0.803. The van der Waals surface area contributed by atoms with Gasteiger partial charge in [-0.2, -0.15) is 5.26 Å². The van der Waals surface area contributed by atoms with Gasteiger partial charge in [0.2, 0.25) is 5.91 Å². The zero-order valence-corrected chi connectivity index (χ0v) is 9.61. The minimum atomic E-state index is -0.0540. The van der Waals surface area contributed by atoms with Crippen LogP contribution in [0.15, 0.2) is 22.8 Å². The van der Waals surface area contributed by atoms with Gasteiger partial charge in [-0.1, -0.05) is 0 Å². The highest BCUT2D eigenvalue weighted by Gasteiger charge is 2.14. The van der Waals surface area contributed by atoms with E-state index in [-0.39, 0.29) is 12.3 Å². The van der Waals surface area contributed by atoms with Crippen LogP contribution in [0.1, 0.15) is 18.6 Å². The average Bonchev–Trinajstić information content (AvgIpc) is 2.77. The van der Waals surface area contributed by atoms with Crippen LogP contribution < -0.4 is 0 Å². The number of nitriles is 1. The number of carbonyl (C=O) groups excluding carboxylic acids is 1. The summed E-state index contributed by atoms with van der Waals surface area (Å²) in [6, 6.07) is 5.58. The van der Waals surface area contributed by atoms with Crippen LogP contribution in [0.2, 0.25) is 0 Å². The minimum absolute atomic E-state index is 0.0540. The number of hydrogen-bond donors (Lipinski definition) is 0. The van der Waals surface area contributed by atoms with Crippen molar-refractivity contribution in [1.29, 1.82) is 5.26 Å². The maximum atomic E-state index is 11.7. The number of rotatable bonds is 6. The second kappa shape index (κ2) is 6.91. The van der Waals surface area contributed by atoms with E-state index in [4.69, 9.17) is 21.3 Å². The Labute approximate surface area is 99.4 Å². The molecule has 5 heteroatoms. The normalized spacial score (nSPS) is 9.75. The fraction of sp³-hybridized carbons (Fsp3) is 0.455. The van der Waals surface area contributed by atoms with E-state index in [1.54, 1.807) is 23.3 Å². The predicted molar refractivity (Wildman–Crippen MR) is 59.7 cm³/mol. The molecule has 1 aromatic heterocycles. The number of amides is 1. The molecule has 86 valence electrons.